The minimum Gasteiger partial charge on any atom is -0.245 e. The predicted octanol–water partition coefficient (Wildman–Crippen LogP) is 2.54. The van der Waals surface area contributed by atoms with Gasteiger partial charge in [-0.15, -0.1) is 5.10 Å². The average Bonchev–Trinajstić information content (AvgIpc) is 2.70. The highest BCUT2D eigenvalue weighted by molar-refractivity contribution is 6.31. The molecule has 0 saturated heterocycles. The monoisotopic (exact) mass is 207 g/mol. The summed E-state index contributed by atoms with van der Waals surface area (Å²) in [6.45, 7) is 2.04. The highest BCUT2D eigenvalue weighted by Crippen LogP contribution is 2.24. The van der Waals surface area contributed by atoms with Crippen LogP contribution in [0.2, 0.25) is 5.02 Å². The molecule has 1 aromatic carbocycles. The van der Waals surface area contributed by atoms with Crippen LogP contribution in [0, 0.1) is 0 Å². The van der Waals surface area contributed by atoms with Crippen LogP contribution in [-0.2, 0) is 0 Å². The molecule has 0 radical (unpaired) electrons. The molecule has 0 saturated carbocycles. The van der Waals surface area contributed by atoms with Gasteiger partial charge in [-0.2, -0.15) is 0 Å². The van der Waals surface area contributed by atoms with Gasteiger partial charge in [0, 0.05) is 11.2 Å². The fourth-order valence-corrected chi connectivity index (χ4v) is 1.67. The lowest BCUT2D eigenvalue weighted by atomic mass is 10.1. The number of aromatic nitrogens is 3. The first-order valence-corrected chi connectivity index (χ1v) is 4.77. The summed E-state index contributed by atoms with van der Waals surface area (Å²) in [4.78, 5) is 0. The second kappa shape index (κ2) is 3.80. The standard InChI is InChI=1S/C10H10ClN3/c1-8(14-7-6-12-13-14)9-4-2-3-5-10(9)11/h2-8H,1H3. The largest absolute Gasteiger partial charge is 0.245 e. The van der Waals surface area contributed by atoms with E-state index in [1.165, 1.54) is 0 Å². The van der Waals surface area contributed by atoms with E-state index >= 15 is 0 Å². The van der Waals surface area contributed by atoms with Gasteiger partial charge in [0.1, 0.15) is 0 Å². The van der Waals surface area contributed by atoms with Crippen LogP contribution in [-0.4, -0.2) is 15.0 Å². The first kappa shape index (κ1) is 9.21. The zero-order valence-corrected chi connectivity index (χ0v) is 8.52. The molecule has 0 aliphatic heterocycles. The Hall–Kier alpha value is -1.35. The van der Waals surface area contributed by atoms with E-state index in [4.69, 9.17) is 11.6 Å². The number of rotatable bonds is 2. The fourth-order valence-electron chi connectivity index (χ4n) is 1.38. The summed E-state index contributed by atoms with van der Waals surface area (Å²) in [6.07, 6.45) is 3.49. The van der Waals surface area contributed by atoms with Crippen LogP contribution < -0.4 is 0 Å². The summed E-state index contributed by atoms with van der Waals surface area (Å²) in [7, 11) is 0. The molecule has 0 aliphatic rings. The van der Waals surface area contributed by atoms with E-state index in [1.54, 1.807) is 10.9 Å². The molecule has 0 bridgehead atoms. The quantitative estimate of drug-likeness (QED) is 0.758. The molecule has 1 atom stereocenters. The molecule has 2 aromatic rings. The third-order valence-electron chi connectivity index (χ3n) is 2.19. The van der Waals surface area contributed by atoms with E-state index in [1.807, 2.05) is 37.4 Å². The Morgan fingerprint density at radius 1 is 1.36 bits per heavy atom. The smallest absolute Gasteiger partial charge is 0.0772 e. The molecule has 4 heteroatoms. The van der Waals surface area contributed by atoms with Crippen molar-refractivity contribution in [3.8, 4) is 0 Å². The second-order valence-electron chi connectivity index (χ2n) is 3.08. The molecule has 3 nitrogen and oxygen atoms in total. The van der Waals surface area contributed by atoms with Gasteiger partial charge in [0.25, 0.3) is 0 Å². The van der Waals surface area contributed by atoms with Crippen molar-refractivity contribution in [3.63, 3.8) is 0 Å². The van der Waals surface area contributed by atoms with Gasteiger partial charge in [-0.1, -0.05) is 35.0 Å². The van der Waals surface area contributed by atoms with Gasteiger partial charge >= 0.3 is 0 Å². The van der Waals surface area contributed by atoms with Crippen molar-refractivity contribution in [2.45, 2.75) is 13.0 Å². The number of hydrogen-bond acceptors (Lipinski definition) is 2. The first-order valence-electron chi connectivity index (χ1n) is 4.39. The Kier molecular flexibility index (Phi) is 2.50. The molecule has 2 rings (SSSR count). The number of hydrogen-bond donors (Lipinski definition) is 0. The summed E-state index contributed by atoms with van der Waals surface area (Å²) < 4.78 is 1.78. The lowest BCUT2D eigenvalue weighted by molar-refractivity contribution is 0.543. The van der Waals surface area contributed by atoms with E-state index in [-0.39, 0.29) is 6.04 Å². The lowest BCUT2D eigenvalue weighted by Crippen LogP contribution is -2.07. The van der Waals surface area contributed by atoms with Gasteiger partial charge in [-0.3, -0.25) is 0 Å². The fraction of sp³-hybridized carbons (Fsp3) is 0.200. The van der Waals surface area contributed by atoms with Crippen LogP contribution in [0.1, 0.15) is 18.5 Å². The van der Waals surface area contributed by atoms with Crippen molar-refractivity contribution in [2.24, 2.45) is 0 Å². The molecular weight excluding hydrogens is 198 g/mol. The Morgan fingerprint density at radius 2 is 2.14 bits per heavy atom. The first-order chi connectivity index (χ1) is 6.79. The molecular formula is C10H10ClN3. The van der Waals surface area contributed by atoms with E-state index < -0.39 is 0 Å². The Morgan fingerprint density at radius 3 is 2.79 bits per heavy atom. The van der Waals surface area contributed by atoms with Crippen molar-refractivity contribution >= 4 is 11.6 Å². The molecule has 0 spiro atoms. The zero-order chi connectivity index (χ0) is 9.97. The minimum atomic E-state index is 0.117. The Bertz CT molecular complexity index is 411. The zero-order valence-electron chi connectivity index (χ0n) is 7.76. The van der Waals surface area contributed by atoms with Crippen molar-refractivity contribution in [2.75, 3.05) is 0 Å². The maximum Gasteiger partial charge on any atom is 0.0772 e. The van der Waals surface area contributed by atoms with Crippen molar-refractivity contribution in [1.82, 2.24) is 15.0 Å². The van der Waals surface area contributed by atoms with E-state index in [2.05, 4.69) is 10.3 Å². The molecule has 0 fully saturated rings. The van der Waals surface area contributed by atoms with Gasteiger partial charge in [0.15, 0.2) is 0 Å². The molecule has 0 N–H and O–H groups in total. The SMILES string of the molecule is CC(c1ccccc1Cl)n1ccnn1. The van der Waals surface area contributed by atoms with Gasteiger partial charge in [0.05, 0.1) is 12.2 Å². The molecule has 0 aliphatic carbocycles. The van der Waals surface area contributed by atoms with Crippen molar-refractivity contribution in [1.29, 1.82) is 0 Å². The maximum atomic E-state index is 6.07. The molecule has 1 heterocycles. The second-order valence-corrected chi connectivity index (χ2v) is 3.49. The average molecular weight is 208 g/mol. The van der Waals surface area contributed by atoms with E-state index in [0.29, 0.717) is 0 Å². The normalized spacial score (nSPS) is 12.7. The summed E-state index contributed by atoms with van der Waals surface area (Å²) >= 11 is 6.07. The summed E-state index contributed by atoms with van der Waals surface area (Å²) in [6, 6.07) is 7.87. The minimum absolute atomic E-state index is 0.117. The van der Waals surface area contributed by atoms with Crippen LogP contribution in [0.3, 0.4) is 0 Å². The summed E-state index contributed by atoms with van der Waals surface area (Å²) in [5, 5.41) is 8.47. The topological polar surface area (TPSA) is 30.7 Å². The molecule has 14 heavy (non-hydrogen) atoms. The van der Waals surface area contributed by atoms with Gasteiger partial charge in [-0.05, 0) is 18.6 Å². The third kappa shape index (κ3) is 1.63. The van der Waals surface area contributed by atoms with Crippen molar-refractivity contribution in [3.05, 3.63) is 47.2 Å². The van der Waals surface area contributed by atoms with Crippen LogP contribution in [0.5, 0.6) is 0 Å². The molecule has 0 amide bonds. The van der Waals surface area contributed by atoms with Crippen LogP contribution in [0.4, 0.5) is 0 Å². The lowest BCUT2D eigenvalue weighted by Gasteiger charge is -2.12. The van der Waals surface area contributed by atoms with E-state index in [9.17, 15) is 0 Å². The Balaban J connectivity index is 2.37. The molecule has 1 unspecified atom stereocenters. The highest BCUT2D eigenvalue weighted by Gasteiger charge is 2.10. The van der Waals surface area contributed by atoms with Crippen LogP contribution in [0.15, 0.2) is 36.7 Å². The summed E-state index contributed by atoms with van der Waals surface area (Å²) in [5.74, 6) is 0. The summed E-state index contributed by atoms with van der Waals surface area (Å²) in [5.41, 5.74) is 1.06. The highest BCUT2D eigenvalue weighted by atomic mass is 35.5. The van der Waals surface area contributed by atoms with Gasteiger partial charge < -0.3 is 0 Å². The number of halogens is 1. The number of nitrogens with zero attached hydrogens (tertiary/aromatic N) is 3. The van der Waals surface area contributed by atoms with Crippen molar-refractivity contribution < 1.29 is 0 Å². The van der Waals surface area contributed by atoms with Crippen LogP contribution >= 0.6 is 11.6 Å². The molecule has 1 aromatic heterocycles. The number of benzene rings is 1. The van der Waals surface area contributed by atoms with E-state index in [0.717, 1.165) is 10.6 Å². The predicted molar refractivity (Wildman–Crippen MR) is 55.3 cm³/mol. The van der Waals surface area contributed by atoms with Crippen LogP contribution in [0.25, 0.3) is 0 Å². The van der Waals surface area contributed by atoms with Gasteiger partial charge in [0.2, 0.25) is 0 Å². The Labute approximate surface area is 87.3 Å². The molecule has 72 valence electrons. The van der Waals surface area contributed by atoms with Gasteiger partial charge in [-0.25, -0.2) is 4.68 Å². The third-order valence-corrected chi connectivity index (χ3v) is 2.54. The maximum absolute atomic E-state index is 6.07.